The molecule has 1 saturated heterocycles. The maximum absolute atomic E-state index is 12.4. The van der Waals surface area contributed by atoms with E-state index in [9.17, 15) is 4.79 Å². The van der Waals surface area contributed by atoms with Crippen LogP contribution in [0.3, 0.4) is 0 Å². The Morgan fingerprint density at radius 1 is 1.15 bits per heavy atom. The fourth-order valence-electron chi connectivity index (χ4n) is 4.01. The van der Waals surface area contributed by atoms with E-state index in [0.717, 1.165) is 43.6 Å². The maximum Gasteiger partial charge on any atom is 0.230 e. The van der Waals surface area contributed by atoms with Gasteiger partial charge in [0.05, 0.1) is 19.0 Å². The molecule has 2 aliphatic rings. The topological polar surface area (TPSA) is 41.6 Å². The van der Waals surface area contributed by atoms with Crippen LogP contribution in [-0.2, 0) is 15.3 Å². The van der Waals surface area contributed by atoms with Crippen LogP contribution in [-0.4, -0.2) is 54.9 Å². The molecule has 0 radical (unpaired) electrons. The Morgan fingerprint density at radius 2 is 1.85 bits per heavy atom. The molecule has 3 rings (SSSR count). The number of morpholine rings is 1. The lowest BCUT2D eigenvalue weighted by Gasteiger charge is -2.48. The first-order chi connectivity index (χ1) is 12.7. The van der Waals surface area contributed by atoms with Crippen LogP contribution in [0.2, 0.25) is 5.02 Å². The molecule has 1 amide bonds. The minimum Gasteiger partial charge on any atom is -0.379 e. The number of carbonyl (C=O) groups is 1. The summed E-state index contributed by atoms with van der Waals surface area (Å²) in [5, 5.41) is 3.97. The first kappa shape index (κ1) is 20.0. The largest absolute Gasteiger partial charge is 0.379 e. The van der Waals surface area contributed by atoms with Gasteiger partial charge in [-0.2, -0.15) is 0 Å². The van der Waals surface area contributed by atoms with Crippen molar-refractivity contribution >= 4 is 29.3 Å². The predicted octanol–water partition coefficient (Wildman–Crippen LogP) is 3.72. The number of halogens is 1. The van der Waals surface area contributed by atoms with E-state index < -0.39 is 0 Å². The Bertz CT molecular complexity index is 570. The molecule has 1 aromatic carbocycles. The molecule has 1 aromatic rings. The summed E-state index contributed by atoms with van der Waals surface area (Å²) in [6, 6.07) is 7.82. The lowest BCUT2D eigenvalue weighted by molar-refractivity contribution is -0.119. The monoisotopic (exact) mass is 396 g/mol. The number of rotatable bonds is 7. The van der Waals surface area contributed by atoms with Crippen molar-refractivity contribution in [1.29, 1.82) is 0 Å². The lowest BCUT2D eigenvalue weighted by atomic mass is 9.79. The molecule has 6 heteroatoms. The number of thioether (sulfide) groups is 1. The van der Waals surface area contributed by atoms with Crippen LogP contribution in [0.25, 0.3) is 0 Å². The number of nitrogens with one attached hydrogen (secondary N) is 1. The molecule has 1 N–H and O–H groups in total. The number of amides is 1. The number of hydrogen-bond donors (Lipinski definition) is 1. The van der Waals surface area contributed by atoms with Gasteiger partial charge in [-0.05, 0) is 30.5 Å². The van der Waals surface area contributed by atoms with Crippen LogP contribution in [0.5, 0.6) is 0 Å². The van der Waals surface area contributed by atoms with Crippen molar-refractivity contribution in [3.63, 3.8) is 0 Å². The second-order valence-corrected chi connectivity index (χ2v) is 8.70. The average molecular weight is 397 g/mol. The second-order valence-electron chi connectivity index (χ2n) is 7.28. The summed E-state index contributed by atoms with van der Waals surface area (Å²) in [5.74, 6) is 1.48. The second kappa shape index (κ2) is 9.98. The SMILES string of the molecule is O=C(CSCc1ccc(Cl)cc1)NCC1(N2CCOCC2)CCCCC1. The van der Waals surface area contributed by atoms with Gasteiger partial charge in [0.1, 0.15) is 0 Å². The highest BCUT2D eigenvalue weighted by Gasteiger charge is 2.38. The molecular formula is C20H29ClN2O2S. The Hall–Kier alpha value is -0.750. The van der Waals surface area contributed by atoms with Crippen molar-refractivity contribution in [3.8, 4) is 0 Å². The third-order valence-corrected chi connectivity index (χ3v) is 6.75. The maximum atomic E-state index is 12.4. The zero-order chi connectivity index (χ0) is 18.2. The van der Waals surface area contributed by atoms with Gasteiger partial charge in [0.25, 0.3) is 0 Å². The zero-order valence-electron chi connectivity index (χ0n) is 15.3. The van der Waals surface area contributed by atoms with Crippen LogP contribution in [0, 0.1) is 0 Å². The van der Waals surface area contributed by atoms with Crippen molar-refractivity contribution in [2.24, 2.45) is 0 Å². The molecule has 0 unspecified atom stereocenters. The Morgan fingerprint density at radius 3 is 2.54 bits per heavy atom. The van der Waals surface area contributed by atoms with E-state index in [0.29, 0.717) is 5.75 Å². The molecule has 2 fully saturated rings. The molecule has 1 aliphatic heterocycles. The van der Waals surface area contributed by atoms with Gasteiger partial charge < -0.3 is 10.1 Å². The van der Waals surface area contributed by atoms with Gasteiger partial charge >= 0.3 is 0 Å². The lowest BCUT2D eigenvalue weighted by Crippen LogP contribution is -2.59. The molecular weight excluding hydrogens is 368 g/mol. The summed E-state index contributed by atoms with van der Waals surface area (Å²) in [7, 11) is 0. The van der Waals surface area contributed by atoms with Crippen LogP contribution in [0.4, 0.5) is 0 Å². The van der Waals surface area contributed by atoms with E-state index in [4.69, 9.17) is 16.3 Å². The van der Waals surface area contributed by atoms with Crippen molar-refractivity contribution < 1.29 is 9.53 Å². The quantitative estimate of drug-likeness (QED) is 0.762. The van der Waals surface area contributed by atoms with Crippen molar-refractivity contribution in [2.75, 3.05) is 38.6 Å². The van der Waals surface area contributed by atoms with Gasteiger partial charge in [-0.15, -0.1) is 11.8 Å². The summed E-state index contributed by atoms with van der Waals surface area (Å²) < 4.78 is 5.52. The number of ether oxygens (including phenoxy) is 1. The van der Waals surface area contributed by atoms with Gasteiger partial charge in [0.2, 0.25) is 5.91 Å². The first-order valence-electron chi connectivity index (χ1n) is 9.60. The van der Waals surface area contributed by atoms with Gasteiger partial charge in [0.15, 0.2) is 0 Å². The highest BCUT2D eigenvalue weighted by Crippen LogP contribution is 2.33. The molecule has 1 aliphatic carbocycles. The molecule has 1 saturated carbocycles. The number of benzene rings is 1. The fourth-order valence-corrected chi connectivity index (χ4v) is 4.95. The summed E-state index contributed by atoms with van der Waals surface area (Å²) in [6.07, 6.45) is 6.21. The number of hydrogen-bond acceptors (Lipinski definition) is 4. The third kappa shape index (κ3) is 5.62. The smallest absolute Gasteiger partial charge is 0.230 e. The average Bonchev–Trinajstić information content (AvgIpc) is 2.69. The normalized spacial score (nSPS) is 20.7. The Kier molecular flexibility index (Phi) is 7.67. The van der Waals surface area contributed by atoms with E-state index >= 15 is 0 Å². The van der Waals surface area contributed by atoms with Crippen LogP contribution < -0.4 is 5.32 Å². The van der Waals surface area contributed by atoms with Gasteiger partial charge in [-0.25, -0.2) is 0 Å². The predicted molar refractivity (Wildman–Crippen MR) is 109 cm³/mol. The first-order valence-corrected chi connectivity index (χ1v) is 11.1. The van der Waals surface area contributed by atoms with Crippen molar-refractivity contribution in [1.82, 2.24) is 10.2 Å². The van der Waals surface area contributed by atoms with E-state index in [1.54, 1.807) is 11.8 Å². The molecule has 0 bridgehead atoms. The summed E-state index contributed by atoms with van der Waals surface area (Å²) in [5.41, 5.74) is 1.34. The van der Waals surface area contributed by atoms with Gasteiger partial charge in [-0.1, -0.05) is 43.0 Å². The Labute approximate surface area is 166 Å². The number of carbonyl (C=O) groups excluding carboxylic acids is 1. The van der Waals surface area contributed by atoms with Crippen LogP contribution in [0.15, 0.2) is 24.3 Å². The molecule has 0 spiro atoms. The summed E-state index contributed by atoms with van der Waals surface area (Å²) in [4.78, 5) is 14.9. The molecule has 0 atom stereocenters. The Balaban J connectivity index is 1.45. The standard InChI is InChI=1S/C20H29ClN2O2S/c21-18-6-4-17(5-7-18)14-26-15-19(24)22-16-20(8-2-1-3-9-20)23-10-12-25-13-11-23/h4-7H,1-3,8-16H2,(H,22,24). The molecule has 4 nitrogen and oxygen atoms in total. The minimum atomic E-state index is 0.137. The van der Waals surface area contributed by atoms with Crippen LogP contribution in [0.1, 0.15) is 37.7 Å². The molecule has 144 valence electrons. The van der Waals surface area contributed by atoms with Crippen LogP contribution >= 0.6 is 23.4 Å². The minimum absolute atomic E-state index is 0.137. The van der Waals surface area contributed by atoms with E-state index in [-0.39, 0.29) is 11.4 Å². The summed E-state index contributed by atoms with van der Waals surface area (Å²) >= 11 is 7.56. The molecule has 1 heterocycles. The zero-order valence-corrected chi connectivity index (χ0v) is 16.9. The van der Waals surface area contributed by atoms with E-state index in [2.05, 4.69) is 10.2 Å². The van der Waals surface area contributed by atoms with Crippen molar-refractivity contribution in [3.05, 3.63) is 34.9 Å². The van der Waals surface area contributed by atoms with Gasteiger partial charge in [0, 0.05) is 35.9 Å². The van der Waals surface area contributed by atoms with Gasteiger partial charge in [-0.3, -0.25) is 9.69 Å². The fraction of sp³-hybridized carbons (Fsp3) is 0.650. The third-order valence-electron chi connectivity index (χ3n) is 5.50. The molecule has 0 aromatic heterocycles. The highest BCUT2D eigenvalue weighted by molar-refractivity contribution is 7.99. The van der Waals surface area contributed by atoms with Crippen molar-refractivity contribution in [2.45, 2.75) is 43.4 Å². The van der Waals surface area contributed by atoms with E-state index in [1.807, 2.05) is 24.3 Å². The molecule has 26 heavy (non-hydrogen) atoms. The summed E-state index contributed by atoms with van der Waals surface area (Å²) in [6.45, 7) is 4.37. The number of nitrogens with zero attached hydrogens (tertiary/aromatic N) is 1. The highest BCUT2D eigenvalue weighted by atomic mass is 35.5. The van der Waals surface area contributed by atoms with E-state index in [1.165, 1.54) is 37.7 Å².